The second-order valence-corrected chi connectivity index (χ2v) is 11.0. The van der Waals surface area contributed by atoms with Crippen molar-refractivity contribution in [2.75, 3.05) is 17.2 Å². The Bertz CT molecular complexity index is 1130. The van der Waals surface area contributed by atoms with E-state index in [9.17, 15) is 24.3 Å². The summed E-state index contributed by atoms with van der Waals surface area (Å²) in [6, 6.07) is 12.9. The van der Waals surface area contributed by atoms with E-state index in [2.05, 4.69) is 17.6 Å². The van der Waals surface area contributed by atoms with Gasteiger partial charge >= 0.3 is 11.9 Å². The van der Waals surface area contributed by atoms with E-state index in [-0.39, 0.29) is 18.1 Å². The number of amides is 2. The molecule has 0 aromatic heterocycles. The number of ether oxygens (including phenoxy) is 1. The maximum absolute atomic E-state index is 12.8. The van der Waals surface area contributed by atoms with Gasteiger partial charge in [-0.25, -0.2) is 4.79 Å². The third-order valence-corrected chi connectivity index (χ3v) is 7.31. The van der Waals surface area contributed by atoms with Crippen molar-refractivity contribution in [2.45, 2.75) is 103 Å². The molecule has 9 heteroatoms. The zero-order valence-corrected chi connectivity index (χ0v) is 25.4. The Balaban J connectivity index is 1.69. The number of carbonyl (C=O) groups excluding carboxylic acids is 2. The molecular weight excluding hydrogens is 548 g/mol. The molecule has 0 fully saturated rings. The lowest BCUT2D eigenvalue weighted by molar-refractivity contribution is -0.145. The SMILES string of the molecule is CCCCCCCCCCCCCCCC(=O)Nc1ccc(NC(=O)C(Cc2ccccc2OCC(=O)O)C(=O)O)cc1. The normalized spacial score (nSPS) is 11.5. The Morgan fingerprint density at radius 2 is 1.21 bits per heavy atom. The summed E-state index contributed by atoms with van der Waals surface area (Å²) >= 11 is 0. The molecule has 1 unspecified atom stereocenters. The van der Waals surface area contributed by atoms with Gasteiger partial charge in [-0.2, -0.15) is 0 Å². The van der Waals surface area contributed by atoms with Crippen LogP contribution in [0, 0.1) is 5.92 Å². The van der Waals surface area contributed by atoms with Crippen molar-refractivity contribution in [1.82, 2.24) is 0 Å². The molecule has 4 N–H and O–H groups in total. The lowest BCUT2D eigenvalue weighted by Crippen LogP contribution is -2.31. The molecule has 0 saturated heterocycles. The molecule has 0 radical (unpaired) electrons. The van der Waals surface area contributed by atoms with E-state index in [1.165, 1.54) is 70.3 Å². The molecule has 43 heavy (non-hydrogen) atoms. The summed E-state index contributed by atoms with van der Waals surface area (Å²) in [5.74, 6) is -4.48. The van der Waals surface area contributed by atoms with Crippen molar-refractivity contribution in [3.05, 3.63) is 54.1 Å². The summed E-state index contributed by atoms with van der Waals surface area (Å²) in [4.78, 5) is 47.9. The minimum atomic E-state index is -1.42. The van der Waals surface area contributed by atoms with Crippen LogP contribution >= 0.6 is 0 Å². The Hall–Kier alpha value is -3.88. The highest BCUT2D eigenvalue weighted by Crippen LogP contribution is 2.23. The minimum absolute atomic E-state index is 0.0606. The Labute approximate surface area is 255 Å². The molecule has 0 spiro atoms. The van der Waals surface area contributed by atoms with Crippen LogP contribution in [0.1, 0.15) is 102 Å². The first-order valence-electron chi connectivity index (χ1n) is 15.7. The monoisotopic (exact) mass is 596 g/mol. The number of anilines is 2. The van der Waals surface area contributed by atoms with E-state index in [0.717, 1.165) is 19.3 Å². The number of nitrogens with one attached hydrogen (secondary N) is 2. The standard InChI is InChI=1S/C34H48N2O7/c1-2-3-4-5-6-7-8-9-10-11-12-13-14-19-31(37)35-27-20-22-28(23-21-27)36-33(40)29(34(41)42)24-26-17-15-16-18-30(26)43-25-32(38)39/h15-18,20-23,29H,2-14,19,24-25H2,1H3,(H,35,37)(H,36,40)(H,38,39)(H,41,42). The molecule has 2 rings (SSSR count). The molecule has 2 aromatic carbocycles. The summed E-state index contributed by atoms with van der Waals surface area (Å²) in [7, 11) is 0. The molecular formula is C34H48N2O7. The Morgan fingerprint density at radius 3 is 1.74 bits per heavy atom. The van der Waals surface area contributed by atoms with Gasteiger partial charge in [0.15, 0.2) is 6.61 Å². The van der Waals surface area contributed by atoms with Gasteiger partial charge in [-0.3, -0.25) is 14.4 Å². The highest BCUT2D eigenvalue weighted by Gasteiger charge is 2.28. The molecule has 9 nitrogen and oxygen atoms in total. The third-order valence-electron chi connectivity index (χ3n) is 7.31. The molecule has 2 amide bonds. The largest absolute Gasteiger partial charge is 0.482 e. The maximum atomic E-state index is 12.8. The molecule has 2 aromatic rings. The minimum Gasteiger partial charge on any atom is -0.482 e. The number of hydrogen-bond acceptors (Lipinski definition) is 5. The zero-order valence-electron chi connectivity index (χ0n) is 25.4. The first kappa shape index (κ1) is 35.3. The molecule has 0 saturated carbocycles. The summed E-state index contributed by atoms with van der Waals surface area (Å²) in [5, 5.41) is 24.0. The average Bonchev–Trinajstić information content (AvgIpc) is 2.98. The number of unbranched alkanes of at least 4 members (excludes halogenated alkanes) is 12. The first-order valence-corrected chi connectivity index (χ1v) is 15.7. The van der Waals surface area contributed by atoms with Gasteiger partial charge in [0.05, 0.1) is 0 Å². The number of benzene rings is 2. The average molecular weight is 597 g/mol. The van der Waals surface area contributed by atoms with Gasteiger partial charge in [0.25, 0.3) is 0 Å². The molecule has 1 atom stereocenters. The lowest BCUT2D eigenvalue weighted by atomic mass is 9.97. The molecule has 0 aliphatic carbocycles. The van der Waals surface area contributed by atoms with Crippen molar-refractivity contribution in [1.29, 1.82) is 0 Å². The van der Waals surface area contributed by atoms with E-state index in [4.69, 9.17) is 9.84 Å². The van der Waals surface area contributed by atoms with Crippen LogP contribution in [0.25, 0.3) is 0 Å². The van der Waals surface area contributed by atoms with Crippen LogP contribution in [0.15, 0.2) is 48.5 Å². The van der Waals surface area contributed by atoms with Crippen molar-refractivity contribution in [3.8, 4) is 5.75 Å². The molecule has 0 heterocycles. The van der Waals surface area contributed by atoms with Crippen LogP contribution in [0.4, 0.5) is 11.4 Å². The van der Waals surface area contributed by atoms with Crippen LogP contribution in [0.5, 0.6) is 5.75 Å². The third kappa shape index (κ3) is 15.2. The summed E-state index contributed by atoms with van der Waals surface area (Å²) in [6.07, 6.45) is 16.5. The maximum Gasteiger partial charge on any atom is 0.341 e. The molecule has 0 aliphatic heterocycles. The number of carbonyl (C=O) groups is 4. The van der Waals surface area contributed by atoms with Crippen molar-refractivity contribution >= 4 is 35.1 Å². The van der Waals surface area contributed by atoms with E-state index in [1.807, 2.05) is 0 Å². The fourth-order valence-electron chi connectivity index (χ4n) is 4.86. The van der Waals surface area contributed by atoms with Gasteiger partial charge in [-0.15, -0.1) is 0 Å². The van der Waals surface area contributed by atoms with Crippen molar-refractivity contribution in [3.63, 3.8) is 0 Å². The van der Waals surface area contributed by atoms with E-state index >= 15 is 0 Å². The number of carboxylic acids is 2. The predicted octanol–water partition coefficient (Wildman–Crippen LogP) is 7.45. The Morgan fingerprint density at radius 1 is 0.698 bits per heavy atom. The smallest absolute Gasteiger partial charge is 0.341 e. The number of carboxylic acid groups (broad SMARTS) is 2. The van der Waals surface area contributed by atoms with Crippen molar-refractivity contribution in [2.24, 2.45) is 5.92 Å². The fraction of sp³-hybridized carbons (Fsp3) is 0.529. The highest BCUT2D eigenvalue weighted by molar-refractivity contribution is 6.04. The van der Waals surface area contributed by atoms with Crippen LogP contribution < -0.4 is 15.4 Å². The zero-order chi connectivity index (χ0) is 31.3. The van der Waals surface area contributed by atoms with Gasteiger partial charge in [0, 0.05) is 17.8 Å². The number of aliphatic carboxylic acids is 2. The Kier molecular flexibility index (Phi) is 17.2. The summed E-state index contributed by atoms with van der Waals surface area (Å²) in [5.41, 5.74) is 1.39. The topological polar surface area (TPSA) is 142 Å². The van der Waals surface area contributed by atoms with Crippen LogP contribution in [0.2, 0.25) is 0 Å². The van der Waals surface area contributed by atoms with Gasteiger partial charge in [-0.05, 0) is 48.7 Å². The van der Waals surface area contributed by atoms with Crippen LogP contribution in [-0.2, 0) is 25.6 Å². The highest BCUT2D eigenvalue weighted by atomic mass is 16.5. The summed E-state index contributed by atoms with van der Waals surface area (Å²) in [6.45, 7) is 1.66. The molecule has 236 valence electrons. The fourth-order valence-corrected chi connectivity index (χ4v) is 4.86. The van der Waals surface area contributed by atoms with Crippen molar-refractivity contribution < 1.29 is 34.1 Å². The predicted molar refractivity (Wildman–Crippen MR) is 168 cm³/mol. The van der Waals surface area contributed by atoms with E-state index in [0.29, 0.717) is 23.4 Å². The summed E-state index contributed by atoms with van der Waals surface area (Å²) < 4.78 is 5.23. The van der Waals surface area contributed by atoms with Crippen LogP contribution in [-0.4, -0.2) is 40.6 Å². The van der Waals surface area contributed by atoms with E-state index in [1.54, 1.807) is 42.5 Å². The number of hydrogen-bond donors (Lipinski definition) is 4. The van der Waals surface area contributed by atoms with Gasteiger partial charge in [-0.1, -0.05) is 102 Å². The van der Waals surface area contributed by atoms with E-state index < -0.39 is 30.4 Å². The molecule has 0 bridgehead atoms. The lowest BCUT2D eigenvalue weighted by Gasteiger charge is -2.16. The second kappa shape index (κ2) is 20.9. The first-order chi connectivity index (χ1) is 20.8. The quantitative estimate of drug-likeness (QED) is 0.0771. The van der Waals surface area contributed by atoms with Crippen LogP contribution in [0.3, 0.4) is 0 Å². The molecule has 0 aliphatic rings. The van der Waals surface area contributed by atoms with Gasteiger partial charge in [0.2, 0.25) is 11.8 Å². The second-order valence-electron chi connectivity index (χ2n) is 11.0. The van der Waals surface area contributed by atoms with Gasteiger partial charge in [0.1, 0.15) is 11.7 Å². The number of para-hydroxylation sites is 1. The number of rotatable bonds is 23. The van der Waals surface area contributed by atoms with Gasteiger partial charge < -0.3 is 25.6 Å².